The molecule has 1 atom stereocenters. The number of rotatable bonds is 1. The number of nitrogens with zero attached hydrogens (tertiary/aromatic N) is 1. The van der Waals surface area contributed by atoms with E-state index in [9.17, 15) is 0 Å². The molecule has 3 nitrogen and oxygen atoms in total. The second-order valence-electron chi connectivity index (χ2n) is 2.89. The molecule has 1 aliphatic heterocycles. The molecule has 0 radical (unpaired) electrons. The molecule has 0 aliphatic carbocycles. The topological polar surface area (TPSA) is 38.1 Å². The standard InChI is InChI=1S/C8H12N2OS/c1-6-4-10-8(11-6)7-5-12-3-2-9-7/h4,7,9H,2-3,5H2,1H3. The Bertz CT molecular complexity index is 255. The first-order valence-electron chi connectivity index (χ1n) is 4.10. The number of hydrogen-bond acceptors (Lipinski definition) is 4. The lowest BCUT2D eigenvalue weighted by atomic mass is 10.3. The van der Waals surface area contributed by atoms with Crippen molar-refractivity contribution in [3.63, 3.8) is 0 Å². The van der Waals surface area contributed by atoms with Crippen LogP contribution in [-0.2, 0) is 0 Å². The summed E-state index contributed by atoms with van der Waals surface area (Å²) >= 11 is 1.94. The lowest BCUT2D eigenvalue weighted by Crippen LogP contribution is -2.30. The van der Waals surface area contributed by atoms with Crippen LogP contribution in [0.3, 0.4) is 0 Å². The molecule has 1 aromatic rings. The van der Waals surface area contributed by atoms with E-state index in [1.807, 2.05) is 18.7 Å². The van der Waals surface area contributed by atoms with Crippen molar-refractivity contribution in [2.45, 2.75) is 13.0 Å². The quantitative estimate of drug-likeness (QED) is 0.715. The Hall–Kier alpha value is -0.480. The third kappa shape index (κ3) is 1.64. The van der Waals surface area contributed by atoms with Gasteiger partial charge in [0.2, 0.25) is 5.89 Å². The number of hydrogen-bond donors (Lipinski definition) is 1. The lowest BCUT2D eigenvalue weighted by Gasteiger charge is -2.19. The molecule has 0 bridgehead atoms. The summed E-state index contributed by atoms with van der Waals surface area (Å²) in [7, 11) is 0. The van der Waals surface area contributed by atoms with Gasteiger partial charge in [0.15, 0.2) is 0 Å². The summed E-state index contributed by atoms with van der Waals surface area (Å²) in [5.74, 6) is 3.98. The number of thioether (sulfide) groups is 1. The fourth-order valence-electron chi connectivity index (χ4n) is 1.26. The molecule has 0 saturated carbocycles. The third-order valence-electron chi connectivity index (χ3n) is 1.86. The molecule has 1 saturated heterocycles. The number of nitrogens with one attached hydrogen (secondary N) is 1. The molecule has 2 heterocycles. The molecule has 0 amide bonds. The van der Waals surface area contributed by atoms with Gasteiger partial charge in [-0.1, -0.05) is 0 Å². The Kier molecular flexibility index (Phi) is 2.37. The Morgan fingerprint density at radius 2 is 2.67 bits per heavy atom. The predicted octanol–water partition coefficient (Wildman–Crippen LogP) is 1.36. The first-order valence-corrected chi connectivity index (χ1v) is 5.25. The molecular formula is C8H12N2OS. The summed E-state index contributed by atoms with van der Waals surface area (Å²) in [6.45, 7) is 2.98. The monoisotopic (exact) mass is 184 g/mol. The number of oxazole rings is 1. The molecule has 4 heteroatoms. The van der Waals surface area contributed by atoms with Crippen molar-refractivity contribution in [3.8, 4) is 0 Å². The van der Waals surface area contributed by atoms with E-state index in [1.165, 1.54) is 5.75 Å². The number of aromatic nitrogens is 1. The number of aryl methyl sites for hydroxylation is 1. The van der Waals surface area contributed by atoms with Crippen LogP contribution in [0.15, 0.2) is 10.6 Å². The maximum atomic E-state index is 5.44. The Morgan fingerprint density at radius 1 is 1.75 bits per heavy atom. The van der Waals surface area contributed by atoms with E-state index in [1.54, 1.807) is 6.20 Å². The van der Waals surface area contributed by atoms with Crippen LogP contribution >= 0.6 is 11.8 Å². The van der Waals surface area contributed by atoms with Gasteiger partial charge in [0.1, 0.15) is 5.76 Å². The molecule has 0 spiro atoms. The second kappa shape index (κ2) is 3.49. The molecule has 1 fully saturated rings. The second-order valence-corrected chi connectivity index (χ2v) is 4.04. The highest BCUT2D eigenvalue weighted by atomic mass is 32.2. The van der Waals surface area contributed by atoms with Gasteiger partial charge in [-0.15, -0.1) is 0 Å². The van der Waals surface area contributed by atoms with E-state index < -0.39 is 0 Å². The van der Waals surface area contributed by atoms with Gasteiger partial charge >= 0.3 is 0 Å². The minimum Gasteiger partial charge on any atom is -0.444 e. The van der Waals surface area contributed by atoms with Gasteiger partial charge in [-0.2, -0.15) is 11.8 Å². The van der Waals surface area contributed by atoms with Gasteiger partial charge in [-0.3, -0.25) is 0 Å². The van der Waals surface area contributed by atoms with Crippen LogP contribution in [0.4, 0.5) is 0 Å². The smallest absolute Gasteiger partial charge is 0.212 e. The van der Waals surface area contributed by atoms with Gasteiger partial charge in [0.25, 0.3) is 0 Å². The highest BCUT2D eigenvalue weighted by molar-refractivity contribution is 7.99. The first kappa shape index (κ1) is 8.13. The molecule has 0 aromatic carbocycles. The maximum Gasteiger partial charge on any atom is 0.212 e. The molecule has 1 N–H and O–H groups in total. The molecule has 12 heavy (non-hydrogen) atoms. The zero-order chi connectivity index (χ0) is 8.39. The van der Waals surface area contributed by atoms with E-state index >= 15 is 0 Å². The van der Waals surface area contributed by atoms with Crippen LogP contribution < -0.4 is 5.32 Å². The van der Waals surface area contributed by atoms with Crippen molar-refractivity contribution in [1.82, 2.24) is 10.3 Å². The summed E-state index contributed by atoms with van der Waals surface area (Å²) in [6, 6.07) is 0.317. The summed E-state index contributed by atoms with van der Waals surface area (Å²) in [5, 5.41) is 3.37. The minimum atomic E-state index is 0.317. The van der Waals surface area contributed by atoms with Crippen LogP contribution in [0.1, 0.15) is 17.7 Å². The summed E-state index contributed by atoms with van der Waals surface area (Å²) < 4.78 is 5.44. The minimum absolute atomic E-state index is 0.317. The fraction of sp³-hybridized carbons (Fsp3) is 0.625. The van der Waals surface area contributed by atoms with Crippen LogP contribution in [-0.4, -0.2) is 23.0 Å². The van der Waals surface area contributed by atoms with Crippen molar-refractivity contribution in [1.29, 1.82) is 0 Å². The van der Waals surface area contributed by atoms with Crippen LogP contribution in [0, 0.1) is 6.92 Å². The molecule has 1 aliphatic rings. The Balaban J connectivity index is 2.08. The molecule has 66 valence electrons. The summed E-state index contributed by atoms with van der Waals surface area (Å²) in [6.07, 6.45) is 1.77. The largest absolute Gasteiger partial charge is 0.444 e. The fourth-order valence-corrected chi connectivity index (χ4v) is 2.18. The van der Waals surface area contributed by atoms with E-state index in [0.29, 0.717) is 6.04 Å². The van der Waals surface area contributed by atoms with Crippen LogP contribution in [0.25, 0.3) is 0 Å². The van der Waals surface area contributed by atoms with Gasteiger partial charge in [-0.25, -0.2) is 4.98 Å². The van der Waals surface area contributed by atoms with Crippen molar-refractivity contribution in [2.75, 3.05) is 18.1 Å². The van der Waals surface area contributed by atoms with E-state index in [-0.39, 0.29) is 0 Å². The molecular weight excluding hydrogens is 172 g/mol. The zero-order valence-electron chi connectivity index (χ0n) is 7.04. The maximum absolute atomic E-state index is 5.44. The highest BCUT2D eigenvalue weighted by Gasteiger charge is 2.18. The summed E-state index contributed by atoms with van der Waals surface area (Å²) in [5.41, 5.74) is 0. The first-order chi connectivity index (χ1) is 5.86. The Morgan fingerprint density at radius 3 is 3.25 bits per heavy atom. The van der Waals surface area contributed by atoms with Crippen molar-refractivity contribution < 1.29 is 4.42 Å². The van der Waals surface area contributed by atoms with Crippen molar-refractivity contribution in [2.24, 2.45) is 0 Å². The average molecular weight is 184 g/mol. The van der Waals surface area contributed by atoms with Gasteiger partial charge in [0, 0.05) is 18.1 Å². The molecule has 1 unspecified atom stereocenters. The zero-order valence-corrected chi connectivity index (χ0v) is 7.86. The van der Waals surface area contributed by atoms with Crippen LogP contribution in [0.5, 0.6) is 0 Å². The molecule has 1 aromatic heterocycles. The van der Waals surface area contributed by atoms with Gasteiger partial charge < -0.3 is 9.73 Å². The normalized spacial score (nSPS) is 24.2. The van der Waals surface area contributed by atoms with Crippen molar-refractivity contribution >= 4 is 11.8 Å². The van der Waals surface area contributed by atoms with Crippen LogP contribution in [0.2, 0.25) is 0 Å². The van der Waals surface area contributed by atoms with E-state index in [0.717, 1.165) is 23.9 Å². The van der Waals surface area contributed by atoms with Gasteiger partial charge in [-0.05, 0) is 6.92 Å². The average Bonchev–Trinajstić information content (AvgIpc) is 2.54. The lowest BCUT2D eigenvalue weighted by molar-refractivity contribution is 0.408. The van der Waals surface area contributed by atoms with Crippen molar-refractivity contribution in [3.05, 3.63) is 17.8 Å². The third-order valence-corrected chi connectivity index (χ3v) is 2.92. The summed E-state index contributed by atoms with van der Waals surface area (Å²) in [4.78, 5) is 4.20. The highest BCUT2D eigenvalue weighted by Crippen LogP contribution is 2.20. The molecule has 2 rings (SSSR count). The predicted molar refractivity (Wildman–Crippen MR) is 49.3 cm³/mol. The Labute approximate surface area is 75.9 Å². The SMILES string of the molecule is Cc1cnc(C2CSCCN2)o1. The van der Waals surface area contributed by atoms with Gasteiger partial charge in [0.05, 0.1) is 12.2 Å². The van der Waals surface area contributed by atoms with E-state index in [2.05, 4.69) is 10.3 Å². The van der Waals surface area contributed by atoms with E-state index in [4.69, 9.17) is 4.42 Å².